The number of hydrogen-bond acceptors (Lipinski definition) is 6. The molecule has 1 aromatic heterocycles. The van der Waals surface area contributed by atoms with Crippen molar-refractivity contribution in [1.82, 2.24) is 9.78 Å². The Labute approximate surface area is 216 Å². The van der Waals surface area contributed by atoms with E-state index in [1.165, 1.54) is 12.7 Å². The molecular weight excluding hydrogens is 472 g/mol. The Hall–Kier alpha value is -2.97. The molecule has 4 aliphatic rings. The fourth-order valence-corrected chi connectivity index (χ4v) is 8.63. The van der Waals surface area contributed by atoms with Gasteiger partial charge in [-0.3, -0.25) is 0 Å². The maximum absolute atomic E-state index is 12.1. The van der Waals surface area contributed by atoms with Gasteiger partial charge in [0.1, 0.15) is 0 Å². The molecular formula is C29H34N2O6. The lowest BCUT2D eigenvalue weighted by Gasteiger charge is -2.60. The number of carboxylic acid groups (broad SMARTS) is 1. The van der Waals surface area contributed by atoms with E-state index in [2.05, 4.69) is 18.1 Å². The third-order valence-corrected chi connectivity index (χ3v) is 10.4. The lowest BCUT2D eigenvalue weighted by Crippen LogP contribution is -2.61. The number of allylic oxidation sites excluding steroid dienone is 1. The van der Waals surface area contributed by atoms with Crippen LogP contribution in [0.3, 0.4) is 0 Å². The Bertz CT molecular complexity index is 1330. The number of esters is 1. The van der Waals surface area contributed by atoms with Crippen LogP contribution in [-0.4, -0.2) is 55.9 Å². The van der Waals surface area contributed by atoms with Crippen molar-refractivity contribution in [2.24, 2.45) is 28.6 Å². The van der Waals surface area contributed by atoms with Crippen molar-refractivity contribution < 1.29 is 29.6 Å². The number of hydrogen-bond donors (Lipinski definition) is 3. The highest BCUT2D eigenvalue weighted by atomic mass is 16.5. The van der Waals surface area contributed by atoms with Gasteiger partial charge in [-0.15, -0.1) is 0 Å². The summed E-state index contributed by atoms with van der Waals surface area (Å²) >= 11 is 0. The van der Waals surface area contributed by atoms with Crippen molar-refractivity contribution in [3.05, 3.63) is 52.9 Å². The summed E-state index contributed by atoms with van der Waals surface area (Å²) in [7, 11) is 1.36. The minimum atomic E-state index is -1.79. The van der Waals surface area contributed by atoms with Crippen LogP contribution in [0.25, 0.3) is 11.8 Å². The first kappa shape index (κ1) is 24.4. The van der Waals surface area contributed by atoms with Gasteiger partial charge in [-0.2, -0.15) is 5.10 Å². The van der Waals surface area contributed by atoms with Crippen LogP contribution in [0, 0.1) is 28.6 Å². The molecule has 7 atom stereocenters. The number of aliphatic carboxylic acids is 1. The normalized spacial score (nSPS) is 38.0. The van der Waals surface area contributed by atoms with Crippen molar-refractivity contribution in [3.8, 4) is 5.69 Å². The minimum absolute atomic E-state index is 0.0131. The molecule has 0 radical (unpaired) electrons. The van der Waals surface area contributed by atoms with Gasteiger partial charge in [0, 0.05) is 5.41 Å². The fraction of sp³-hybridized carbons (Fsp3) is 0.552. The summed E-state index contributed by atoms with van der Waals surface area (Å²) in [6.45, 7) is 4.11. The Morgan fingerprint density at radius 1 is 1.22 bits per heavy atom. The molecule has 8 nitrogen and oxygen atoms in total. The summed E-state index contributed by atoms with van der Waals surface area (Å²) in [5.41, 5.74) is 1.69. The van der Waals surface area contributed by atoms with E-state index in [1.54, 1.807) is 12.1 Å². The van der Waals surface area contributed by atoms with Crippen molar-refractivity contribution in [1.29, 1.82) is 0 Å². The number of carboxylic acids is 1. The summed E-state index contributed by atoms with van der Waals surface area (Å²) in [6.07, 6.45) is 7.03. The van der Waals surface area contributed by atoms with Crippen molar-refractivity contribution in [3.63, 3.8) is 0 Å². The van der Waals surface area contributed by atoms with Crippen LogP contribution in [0.4, 0.5) is 0 Å². The van der Waals surface area contributed by atoms with Crippen LogP contribution in [0.2, 0.25) is 0 Å². The van der Waals surface area contributed by atoms with Gasteiger partial charge < -0.3 is 20.1 Å². The lowest BCUT2D eigenvalue weighted by atomic mass is 9.45. The first-order chi connectivity index (χ1) is 17.5. The fourth-order valence-electron chi connectivity index (χ4n) is 8.63. The van der Waals surface area contributed by atoms with Crippen LogP contribution >= 0.6 is 0 Å². The van der Waals surface area contributed by atoms with Gasteiger partial charge in [-0.05, 0) is 91.5 Å². The molecule has 4 aliphatic carbocycles. The van der Waals surface area contributed by atoms with Gasteiger partial charge in [0.2, 0.25) is 0 Å². The van der Waals surface area contributed by atoms with E-state index >= 15 is 0 Å². The predicted molar refractivity (Wildman–Crippen MR) is 135 cm³/mol. The molecule has 6 rings (SSSR count). The maximum atomic E-state index is 12.1. The highest BCUT2D eigenvalue weighted by Crippen LogP contribution is 2.67. The monoisotopic (exact) mass is 506 g/mol. The number of ether oxygens (including phenoxy) is 1. The molecule has 37 heavy (non-hydrogen) atoms. The number of aromatic nitrogens is 2. The molecule has 0 aliphatic heterocycles. The topological polar surface area (TPSA) is 122 Å². The van der Waals surface area contributed by atoms with E-state index in [1.807, 2.05) is 29.9 Å². The second-order valence-electron chi connectivity index (χ2n) is 12.0. The first-order valence-corrected chi connectivity index (χ1v) is 13.1. The zero-order valence-electron chi connectivity index (χ0n) is 21.5. The zero-order chi connectivity index (χ0) is 26.3. The number of carbonyl (C=O) groups is 2. The SMILES string of the molecule is COC(=O)c1cccc(-n2ncc3c2C=C2CC[C@@H]4[C@H]([C@@H](O)C[C@@]5(C)[C@H]4CC[C@]5(O)C(=O)O)[C@@]2(C)C3)c1. The number of aliphatic hydroxyl groups is 2. The summed E-state index contributed by atoms with van der Waals surface area (Å²) in [6, 6.07) is 7.22. The third-order valence-electron chi connectivity index (χ3n) is 10.4. The number of benzene rings is 1. The summed E-state index contributed by atoms with van der Waals surface area (Å²) in [5.74, 6) is -1.37. The molecule has 1 aromatic carbocycles. The van der Waals surface area contributed by atoms with Crippen LogP contribution < -0.4 is 0 Å². The van der Waals surface area contributed by atoms with Gasteiger partial charge in [0.15, 0.2) is 5.60 Å². The van der Waals surface area contributed by atoms with Crippen LogP contribution in [-0.2, 0) is 16.0 Å². The summed E-state index contributed by atoms with van der Waals surface area (Å²) in [5, 5.41) is 37.3. The molecule has 3 saturated carbocycles. The molecule has 2 aromatic rings. The summed E-state index contributed by atoms with van der Waals surface area (Å²) in [4.78, 5) is 24.2. The number of nitrogens with zero attached hydrogens (tertiary/aromatic N) is 2. The molecule has 3 fully saturated rings. The van der Waals surface area contributed by atoms with Gasteiger partial charge in [-0.25, -0.2) is 14.3 Å². The highest BCUT2D eigenvalue weighted by molar-refractivity contribution is 5.90. The quantitative estimate of drug-likeness (QED) is 0.544. The minimum Gasteiger partial charge on any atom is -0.479 e. The molecule has 0 saturated heterocycles. The standard InChI is InChI=1S/C29H34N2O6/c1-27-13-17-15-30-31(19-6-4-5-16(11-19)25(33)37-3)22(17)12-18(27)7-8-20-21-9-10-29(36,26(34)35)28(21,2)14-23(32)24(20)27/h4-6,11-12,15,20-21,23-24,32,36H,7-10,13-14H2,1-3H3,(H,34,35)/t20-,21-,23-,24+,27-,28-,29-/m0/s1. The maximum Gasteiger partial charge on any atom is 0.337 e. The van der Waals surface area contributed by atoms with Crippen LogP contribution in [0.1, 0.15) is 67.6 Å². The van der Waals surface area contributed by atoms with Gasteiger partial charge in [0.05, 0.1) is 36.4 Å². The molecule has 1 heterocycles. The average Bonchev–Trinajstić information content (AvgIpc) is 3.39. The molecule has 0 spiro atoms. The van der Waals surface area contributed by atoms with Crippen LogP contribution in [0.15, 0.2) is 36.0 Å². The summed E-state index contributed by atoms with van der Waals surface area (Å²) < 4.78 is 6.74. The van der Waals surface area contributed by atoms with E-state index in [-0.39, 0.29) is 36.0 Å². The van der Waals surface area contributed by atoms with Crippen molar-refractivity contribution >= 4 is 18.0 Å². The largest absolute Gasteiger partial charge is 0.479 e. The van der Waals surface area contributed by atoms with Crippen molar-refractivity contribution in [2.45, 2.75) is 64.1 Å². The van der Waals surface area contributed by atoms with Crippen molar-refractivity contribution in [2.75, 3.05) is 7.11 Å². The van der Waals surface area contributed by atoms with E-state index in [0.717, 1.165) is 36.2 Å². The Balaban J connectivity index is 1.36. The van der Waals surface area contributed by atoms with E-state index in [4.69, 9.17) is 4.74 Å². The number of methoxy groups -OCH3 is 1. The first-order valence-electron chi connectivity index (χ1n) is 13.1. The van der Waals surface area contributed by atoms with E-state index < -0.39 is 29.1 Å². The number of aliphatic hydroxyl groups excluding tert-OH is 1. The molecule has 196 valence electrons. The Morgan fingerprint density at radius 2 is 2.00 bits per heavy atom. The average molecular weight is 507 g/mol. The second kappa shape index (κ2) is 8.01. The van der Waals surface area contributed by atoms with Gasteiger partial charge >= 0.3 is 11.9 Å². The smallest absolute Gasteiger partial charge is 0.337 e. The van der Waals surface area contributed by atoms with Gasteiger partial charge in [0.25, 0.3) is 0 Å². The number of rotatable bonds is 3. The molecule has 0 bridgehead atoms. The Kier molecular flexibility index (Phi) is 5.28. The third kappa shape index (κ3) is 3.18. The molecule has 8 heteroatoms. The number of fused-ring (bicyclic) bond motifs is 6. The second-order valence-corrected chi connectivity index (χ2v) is 12.0. The lowest BCUT2D eigenvalue weighted by molar-refractivity contribution is -0.193. The number of carbonyl (C=O) groups excluding carboxylic acids is 1. The Morgan fingerprint density at radius 3 is 2.73 bits per heavy atom. The van der Waals surface area contributed by atoms with E-state index in [0.29, 0.717) is 12.0 Å². The van der Waals surface area contributed by atoms with Crippen LogP contribution in [0.5, 0.6) is 0 Å². The molecule has 0 amide bonds. The highest BCUT2D eigenvalue weighted by Gasteiger charge is 2.68. The predicted octanol–water partition coefficient (Wildman–Crippen LogP) is 3.63. The zero-order valence-corrected chi connectivity index (χ0v) is 21.5. The van der Waals surface area contributed by atoms with E-state index in [9.17, 15) is 24.9 Å². The van der Waals surface area contributed by atoms with Gasteiger partial charge in [-0.1, -0.05) is 25.5 Å². The molecule has 3 N–H and O–H groups in total. The molecule has 0 unspecified atom stereocenters.